The van der Waals surface area contributed by atoms with E-state index in [9.17, 15) is 24.5 Å². The van der Waals surface area contributed by atoms with Gasteiger partial charge in [-0.3, -0.25) is 24.5 Å². The molecule has 5 aromatic rings. The number of thioether (sulfide) groups is 1. The molecule has 1 unspecified atom stereocenters. The molecular formula is C32H25N5O5S3. The number of thiazole rings is 1. The summed E-state index contributed by atoms with van der Waals surface area (Å²) in [5.74, 6) is -1.41. The van der Waals surface area contributed by atoms with E-state index in [1.165, 1.54) is 47.4 Å². The third-order valence-corrected chi connectivity index (χ3v) is 9.03. The molecule has 2 aromatic heterocycles. The summed E-state index contributed by atoms with van der Waals surface area (Å²) in [5, 5.41) is 23.7. The van der Waals surface area contributed by atoms with Gasteiger partial charge in [0.1, 0.15) is 5.70 Å². The minimum atomic E-state index is -0.670. The van der Waals surface area contributed by atoms with E-state index in [-0.39, 0.29) is 22.9 Å². The van der Waals surface area contributed by atoms with Gasteiger partial charge in [0.25, 0.3) is 17.5 Å². The van der Waals surface area contributed by atoms with Crippen LogP contribution in [0.4, 0.5) is 16.5 Å². The van der Waals surface area contributed by atoms with Crippen molar-refractivity contribution >= 4 is 74.7 Å². The van der Waals surface area contributed by atoms with Crippen molar-refractivity contribution in [2.45, 2.75) is 17.1 Å². The summed E-state index contributed by atoms with van der Waals surface area (Å²) in [4.78, 5) is 56.3. The van der Waals surface area contributed by atoms with Crippen molar-refractivity contribution in [3.05, 3.63) is 129 Å². The molecule has 0 saturated heterocycles. The molecule has 0 radical (unpaired) electrons. The highest BCUT2D eigenvalue weighted by Gasteiger charge is 2.20. The predicted octanol–water partition coefficient (Wildman–Crippen LogP) is 7.31. The zero-order valence-electron chi connectivity index (χ0n) is 23.6. The first-order chi connectivity index (χ1) is 21.8. The molecule has 226 valence electrons. The Morgan fingerprint density at radius 3 is 2.36 bits per heavy atom. The molecule has 0 aliphatic rings. The van der Waals surface area contributed by atoms with Gasteiger partial charge >= 0.3 is 0 Å². The van der Waals surface area contributed by atoms with Crippen molar-refractivity contribution in [2.75, 3.05) is 10.6 Å². The number of benzene rings is 3. The number of para-hydroxylation sites is 1. The van der Waals surface area contributed by atoms with E-state index >= 15 is 0 Å². The van der Waals surface area contributed by atoms with Crippen molar-refractivity contribution in [1.29, 1.82) is 0 Å². The van der Waals surface area contributed by atoms with Gasteiger partial charge in [-0.15, -0.1) is 34.4 Å². The van der Waals surface area contributed by atoms with Gasteiger partial charge in [0.15, 0.2) is 5.13 Å². The van der Waals surface area contributed by atoms with Crippen LogP contribution in [-0.4, -0.2) is 32.9 Å². The number of nitrogens with one attached hydrogen (secondary N) is 3. The zero-order valence-corrected chi connectivity index (χ0v) is 26.1. The molecule has 3 amide bonds. The fourth-order valence-electron chi connectivity index (χ4n) is 4.02. The lowest BCUT2D eigenvalue weighted by Crippen LogP contribution is -2.30. The molecule has 0 aliphatic heterocycles. The smallest absolute Gasteiger partial charge is 0.276 e. The van der Waals surface area contributed by atoms with Crippen LogP contribution < -0.4 is 16.0 Å². The normalized spacial score (nSPS) is 11.8. The Kier molecular flexibility index (Phi) is 10.1. The number of nitro benzene ring substituents is 1. The van der Waals surface area contributed by atoms with Crippen molar-refractivity contribution in [2.24, 2.45) is 0 Å². The Labute approximate surface area is 270 Å². The number of rotatable bonds is 11. The maximum absolute atomic E-state index is 13.3. The summed E-state index contributed by atoms with van der Waals surface area (Å²) < 4.78 is 0. The number of thiophene rings is 1. The Balaban J connectivity index is 1.25. The lowest BCUT2D eigenvalue weighted by atomic mass is 10.1. The van der Waals surface area contributed by atoms with Crippen LogP contribution in [0.25, 0.3) is 16.6 Å². The molecule has 0 spiro atoms. The average molecular weight is 656 g/mol. The number of anilines is 2. The van der Waals surface area contributed by atoms with E-state index in [0.29, 0.717) is 16.4 Å². The summed E-state index contributed by atoms with van der Waals surface area (Å²) in [6.45, 7) is 1.79. The van der Waals surface area contributed by atoms with E-state index in [2.05, 4.69) is 20.9 Å². The van der Waals surface area contributed by atoms with Crippen molar-refractivity contribution in [1.82, 2.24) is 10.3 Å². The van der Waals surface area contributed by atoms with E-state index in [1.807, 2.05) is 22.9 Å². The standard InChI is InChI=1S/C32H25N5O5S3/c1-20(29(38)36-32-35-26(19-44-32)28-12-7-17-43-28)45-24-15-13-23(14-16-24)33-31(40)25(34-30(39)21-8-3-2-4-9-21)18-22-10-5-6-11-27(22)37(41)42/h2-20H,1H3,(H,33,40)(H,34,39)(H,35,36,38)/b25-18-. The first-order valence-electron chi connectivity index (χ1n) is 13.5. The number of nitrogens with zero attached hydrogens (tertiary/aromatic N) is 2. The van der Waals surface area contributed by atoms with Gasteiger partial charge in [-0.2, -0.15) is 0 Å². The summed E-state index contributed by atoms with van der Waals surface area (Å²) in [6.07, 6.45) is 1.27. The second kappa shape index (κ2) is 14.6. The van der Waals surface area contributed by atoms with Gasteiger partial charge in [0.05, 0.1) is 26.3 Å². The van der Waals surface area contributed by atoms with E-state index in [4.69, 9.17) is 0 Å². The third kappa shape index (κ3) is 8.29. The molecule has 13 heteroatoms. The van der Waals surface area contributed by atoms with Crippen LogP contribution in [0.3, 0.4) is 0 Å². The number of carbonyl (C=O) groups is 3. The predicted molar refractivity (Wildman–Crippen MR) is 179 cm³/mol. The molecule has 3 aromatic carbocycles. The Hall–Kier alpha value is -5.11. The van der Waals surface area contributed by atoms with Gasteiger partial charge in [0, 0.05) is 27.6 Å². The van der Waals surface area contributed by atoms with Crippen LogP contribution in [0.1, 0.15) is 22.8 Å². The Morgan fingerprint density at radius 2 is 1.64 bits per heavy atom. The van der Waals surface area contributed by atoms with Crippen LogP contribution in [0.5, 0.6) is 0 Å². The number of amides is 3. The maximum Gasteiger partial charge on any atom is 0.276 e. The van der Waals surface area contributed by atoms with Gasteiger partial charge in [0.2, 0.25) is 5.91 Å². The Morgan fingerprint density at radius 1 is 0.911 bits per heavy atom. The number of nitro groups is 1. The monoisotopic (exact) mass is 655 g/mol. The fourth-order valence-corrected chi connectivity index (χ4v) is 6.36. The van der Waals surface area contributed by atoms with Crippen molar-refractivity contribution in [3.63, 3.8) is 0 Å². The summed E-state index contributed by atoms with van der Waals surface area (Å²) in [5.41, 5.74) is 1.33. The molecule has 0 saturated carbocycles. The minimum absolute atomic E-state index is 0.153. The molecule has 45 heavy (non-hydrogen) atoms. The van der Waals surface area contributed by atoms with E-state index in [1.54, 1.807) is 78.9 Å². The number of aromatic nitrogens is 1. The zero-order chi connectivity index (χ0) is 31.8. The maximum atomic E-state index is 13.3. The molecule has 0 fully saturated rings. The highest BCUT2D eigenvalue weighted by atomic mass is 32.2. The third-order valence-electron chi connectivity index (χ3n) is 6.26. The highest BCUT2D eigenvalue weighted by molar-refractivity contribution is 8.00. The number of hydrogen-bond acceptors (Lipinski definition) is 9. The quantitative estimate of drug-likeness (QED) is 0.0586. The molecule has 5 rings (SSSR count). The van der Waals surface area contributed by atoms with Crippen LogP contribution in [-0.2, 0) is 9.59 Å². The first kappa shape index (κ1) is 31.3. The fraction of sp³-hybridized carbons (Fsp3) is 0.0625. The van der Waals surface area contributed by atoms with Crippen LogP contribution in [0.2, 0.25) is 0 Å². The molecule has 0 bridgehead atoms. The topological polar surface area (TPSA) is 143 Å². The average Bonchev–Trinajstić information content (AvgIpc) is 3.75. The second-order valence-corrected chi connectivity index (χ2v) is 12.7. The van der Waals surface area contributed by atoms with Crippen LogP contribution >= 0.6 is 34.4 Å². The minimum Gasteiger partial charge on any atom is -0.321 e. The van der Waals surface area contributed by atoms with Crippen LogP contribution in [0.15, 0.2) is 112 Å². The molecular weight excluding hydrogens is 631 g/mol. The second-order valence-electron chi connectivity index (χ2n) is 9.44. The van der Waals surface area contributed by atoms with E-state index < -0.39 is 22.0 Å². The number of carbonyl (C=O) groups excluding carboxylic acids is 3. The van der Waals surface area contributed by atoms with Gasteiger partial charge in [-0.25, -0.2) is 4.98 Å². The summed E-state index contributed by atoms with van der Waals surface area (Å²) in [7, 11) is 0. The Bertz CT molecular complexity index is 1860. The van der Waals surface area contributed by atoms with E-state index in [0.717, 1.165) is 15.5 Å². The highest BCUT2D eigenvalue weighted by Crippen LogP contribution is 2.30. The largest absolute Gasteiger partial charge is 0.321 e. The lowest BCUT2D eigenvalue weighted by Gasteiger charge is -2.13. The first-order valence-corrected chi connectivity index (χ1v) is 16.1. The van der Waals surface area contributed by atoms with Crippen LogP contribution in [0, 0.1) is 10.1 Å². The van der Waals surface area contributed by atoms with Crippen molar-refractivity contribution < 1.29 is 19.3 Å². The molecule has 2 heterocycles. The van der Waals surface area contributed by atoms with Gasteiger partial charge in [-0.1, -0.05) is 36.4 Å². The van der Waals surface area contributed by atoms with Gasteiger partial charge < -0.3 is 16.0 Å². The van der Waals surface area contributed by atoms with Gasteiger partial charge in [-0.05, 0) is 66.9 Å². The molecule has 1 atom stereocenters. The molecule has 10 nitrogen and oxygen atoms in total. The molecule has 3 N–H and O–H groups in total. The number of hydrogen-bond donors (Lipinski definition) is 3. The lowest BCUT2D eigenvalue weighted by molar-refractivity contribution is -0.385. The summed E-state index contributed by atoms with van der Waals surface area (Å²) in [6, 6.07) is 25.0. The van der Waals surface area contributed by atoms with Crippen molar-refractivity contribution in [3.8, 4) is 10.6 Å². The molecule has 0 aliphatic carbocycles. The SMILES string of the molecule is CC(Sc1ccc(NC(=O)/C(=C/c2ccccc2[N+](=O)[O-])NC(=O)c2ccccc2)cc1)C(=O)Nc1nc(-c2cccs2)cs1. The summed E-state index contributed by atoms with van der Waals surface area (Å²) >= 11 is 4.29.